The molecule has 3 N–H and O–H groups in total. The molecule has 1 saturated carbocycles. The van der Waals surface area contributed by atoms with Crippen molar-refractivity contribution in [2.45, 2.75) is 134 Å². The normalized spacial score (nSPS) is 19.8. The summed E-state index contributed by atoms with van der Waals surface area (Å²) in [6.45, 7) is 3.00. The number of aliphatic hydroxyl groups excluding tert-OH is 3. The van der Waals surface area contributed by atoms with Crippen LogP contribution in [-0.2, 0) is 24.4 Å². The largest absolute Gasteiger partial charge is 0.489 e. The average Bonchev–Trinajstić information content (AvgIpc) is 3.45. The van der Waals surface area contributed by atoms with Gasteiger partial charge in [0.05, 0.1) is 24.4 Å². The highest BCUT2D eigenvalue weighted by molar-refractivity contribution is 5.77. The van der Waals surface area contributed by atoms with Crippen molar-refractivity contribution in [2.24, 2.45) is 11.8 Å². The second-order valence-corrected chi connectivity index (χ2v) is 14.3. The van der Waals surface area contributed by atoms with Gasteiger partial charge in [0, 0.05) is 19.4 Å². The van der Waals surface area contributed by atoms with E-state index in [9.17, 15) is 20.1 Å². The highest BCUT2D eigenvalue weighted by atomic mass is 16.5. The zero-order valence-electron chi connectivity index (χ0n) is 28.9. The van der Waals surface area contributed by atoms with Crippen molar-refractivity contribution >= 4 is 5.91 Å². The fourth-order valence-corrected chi connectivity index (χ4v) is 7.91. The number of rotatable bonds is 18. The number of hydrogen-bond donors (Lipinski definition) is 3. The van der Waals surface area contributed by atoms with E-state index < -0.39 is 24.4 Å². The fraction of sp³-hybridized carbons (Fsp3) is 0.548. The van der Waals surface area contributed by atoms with Gasteiger partial charge < -0.3 is 25.0 Å². The Morgan fingerprint density at radius 3 is 2.35 bits per heavy atom. The first-order valence-corrected chi connectivity index (χ1v) is 18.6. The highest BCUT2D eigenvalue weighted by Crippen LogP contribution is 2.38. The summed E-state index contributed by atoms with van der Waals surface area (Å²) in [5.41, 5.74) is 4.12. The molecule has 2 aliphatic rings. The molecule has 1 fully saturated rings. The Labute approximate surface area is 288 Å². The molecule has 3 aromatic rings. The summed E-state index contributed by atoms with van der Waals surface area (Å²) >= 11 is 0. The lowest BCUT2D eigenvalue weighted by Gasteiger charge is -2.34. The summed E-state index contributed by atoms with van der Waals surface area (Å²) < 4.78 is 5.99. The Kier molecular flexibility index (Phi) is 13.9. The van der Waals surface area contributed by atoms with Crippen LogP contribution >= 0.6 is 0 Å². The van der Waals surface area contributed by atoms with Crippen LogP contribution in [0.3, 0.4) is 0 Å². The maximum absolute atomic E-state index is 14.2. The van der Waals surface area contributed by atoms with Gasteiger partial charge in [-0.15, -0.1) is 0 Å². The van der Waals surface area contributed by atoms with Gasteiger partial charge >= 0.3 is 0 Å². The highest BCUT2D eigenvalue weighted by Gasteiger charge is 2.38. The fourth-order valence-electron chi connectivity index (χ4n) is 7.91. The van der Waals surface area contributed by atoms with Crippen LogP contribution in [0.4, 0.5) is 0 Å². The number of fused-ring (bicyclic) bond motifs is 1. The van der Waals surface area contributed by atoms with Crippen molar-refractivity contribution in [1.82, 2.24) is 4.90 Å². The van der Waals surface area contributed by atoms with E-state index in [1.807, 2.05) is 83.8 Å². The smallest absolute Gasteiger partial charge is 0.223 e. The number of benzene rings is 3. The van der Waals surface area contributed by atoms with Crippen LogP contribution < -0.4 is 4.74 Å². The van der Waals surface area contributed by atoms with Gasteiger partial charge in [-0.25, -0.2) is 0 Å². The monoisotopic (exact) mass is 655 g/mol. The van der Waals surface area contributed by atoms with Crippen LogP contribution in [0.15, 0.2) is 78.9 Å². The number of aliphatic hydroxyl groups is 3. The molecular formula is C42H57NO5. The number of carbonyl (C=O) groups is 1. The molecule has 2 aliphatic carbocycles. The van der Waals surface area contributed by atoms with Gasteiger partial charge in [0.25, 0.3) is 0 Å². The average molecular weight is 656 g/mol. The Balaban J connectivity index is 1.27. The van der Waals surface area contributed by atoms with Crippen LogP contribution in [0.25, 0.3) is 0 Å². The topological polar surface area (TPSA) is 90.2 Å². The predicted molar refractivity (Wildman–Crippen MR) is 191 cm³/mol. The Morgan fingerprint density at radius 1 is 0.875 bits per heavy atom. The van der Waals surface area contributed by atoms with Crippen LogP contribution in [0, 0.1) is 11.8 Å². The minimum atomic E-state index is -0.693. The Morgan fingerprint density at radius 2 is 1.60 bits per heavy atom. The van der Waals surface area contributed by atoms with E-state index in [-0.39, 0.29) is 18.2 Å². The predicted octanol–water partition coefficient (Wildman–Crippen LogP) is 8.31. The van der Waals surface area contributed by atoms with Gasteiger partial charge in [-0.2, -0.15) is 0 Å². The molecule has 3 aromatic carbocycles. The number of amides is 1. The number of nitrogens with zero attached hydrogens (tertiary/aromatic N) is 1. The third-order valence-electron chi connectivity index (χ3n) is 10.6. The van der Waals surface area contributed by atoms with Crippen molar-refractivity contribution in [2.75, 3.05) is 0 Å². The van der Waals surface area contributed by atoms with Crippen molar-refractivity contribution in [3.05, 3.63) is 101 Å². The van der Waals surface area contributed by atoms with Gasteiger partial charge in [-0.05, 0) is 71.9 Å². The molecule has 0 saturated heterocycles. The quantitative estimate of drug-likeness (QED) is 0.120. The molecule has 6 heteroatoms. The zero-order chi connectivity index (χ0) is 33.7. The lowest BCUT2D eigenvalue weighted by atomic mass is 9.78. The molecular weight excluding hydrogens is 598 g/mol. The number of carbonyl (C=O) groups excluding carboxylic acids is 1. The third kappa shape index (κ3) is 10.4. The maximum atomic E-state index is 14.2. The molecule has 0 bridgehead atoms. The van der Waals surface area contributed by atoms with Crippen LogP contribution in [0.2, 0.25) is 0 Å². The Hall–Kier alpha value is -3.19. The first kappa shape index (κ1) is 36.1. The zero-order valence-corrected chi connectivity index (χ0v) is 28.9. The second kappa shape index (κ2) is 18.5. The summed E-state index contributed by atoms with van der Waals surface area (Å²) in [5, 5.41) is 33.8. The van der Waals surface area contributed by atoms with Crippen LogP contribution in [0.5, 0.6) is 5.75 Å². The number of hydrogen-bond acceptors (Lipinski definition) is 5. The molecule has 5 rings (SSSR count). The molecule has 1 amide bonds. The van der Waals surface area contributed by atoms with Gasteiger partial charge in [0.2, 0.25) is 5.91 Å². The lowest BCUT2D eigenvalue weighted by molar-refractivity contribution is -0.137. The molecule has 0 radical (unpaired) electrons. The van der Waals surface area contributed by atoms with E-state index in [0.29, 0.717) is 38.3 Å². The number of ether oxygens (including phenoxy) is 1. The summed E-state index contributed by atoms with van der Waals surface area (Å²) in [6, 6.07) is 25.5. The van der Waals surface area contributed by atoms with E-state index >= 15 is 0 Å². The van der Waals surface area contributed by atoms with Gasteiger partial charge in [0.1, 0.15) is 12.4 Å². The number of unbranched alkanes of at least 4 members (excludes halogenated alkanes) is 2. The summed E-state index contributed by atoms with van der Waals surface area (Å²) in [4.78, 5) is 16.0. The molecule has 0 spiro atoms. The summed E-state index contributed by atoms with van der Waals surface area (Å²) in [7, 11) is 0. The Bertz CT molecular complexity index is 1370. The molecule has 48 heavy (non-hydrogen) atoms. The molecule has 0 aliphatic heterocycles. The molecule has 0 aromatic heterocycles. The van der Waals surface area contributed by atoms with Gasteiger partial charge in [-0.3, -0.25) is 4.79 Å². The molecule has 5 atom stereocenters. The van der Waals surface area contributed by atoms with Gasteiger partial charge in [0.15, 0.2) is 0 Å². The SMILES string of the molecule is CCCCCC(O)C[C@@H](CC1CCCCC1)[C@@H](O)CCC(=O)N(Cc1ccc(OCc2ccccc2)cc1)[C@H]1c2ccccc2C[C@H]1O. The molecule has 6 nitrogen and oxygen atoms in total. The minimum absolute atomic E-state index is 0.0211. The summed E-state index contributed by atoms with van der Waals surface area (Å²) in [5.74, 6) is 1.25. The molecule has 0 heterocycles. The van der Waals surface area contributed by atoms with Crippen molar-refractivity contribution in [1.29, 1.82) is 0 Å². The standard InChI is InChI=1S/C42H57NO5/c1-2-3-6-18-36(44)27-35(26-31-13-7-4-8-14-31)39(45)24-25-41(47)43(42-38-19-12-11-17-34(38)28-40(42)46)29-32-20-22-37(23-21-32)48-30-33-15-9-5-10-16-33/h5,9-12,15-17,19-23,31,35-36,39-40,42,44-46H,2-4,6-8,13-14,18,24-30H2,1H3/t35-,36?,39+,40-,42+/m1/s1. The lowest BCUT2D eigenvalue weighted by Crippen LogP contribution is -2.39. The van der Waals surface area contributed by atoms with Crippen LogP contribution in [0.1, 0.15) is 119 Å². The second-order valence-electron chi connectivity index (χ2n) is 14.3. The van der Waals surface area contributed by atoms with E-state index in [4.69, 9.17) is 4.74 Å². The first-order valence-electron chi connectivity index (χ1n) is 18.6. The van der Waals surface area contributed by atoms with E-state index in [1.165, 1.54) is 32.1 Å². The van der Waals surface area contributed by atoms with Crippen molar-refractivity contribution < 1.29 is 24.9 Å². The maximum Gasteiger partial charge on any atom is 0.223 e. The van der Waals surface area contributed by atoms with Gasteiger partial charge in [-0.1, -0.05) is 125 Å². The van der Waals surface area contributed by atoms with E-state index in [0.717, 1.165) is 60.1 Å². The molecule has 260 valence electrons. The van der Waals surface area contributed by atoms with E-state index in [1.54, 1.807) is 0 Å². The third-order valence-corrected chi connectivity index (χ3v) is 10.6. The molecule has 1 unspecified atom stereocenters. The first-order chi connectivity index (χ1) is 23.4. The minimum Gasteiger partial charge on any atom is -0.489 e. The summed E-state index contributed by atoms with van der Waals surface area (Å²) in [6.07, 6.45) is 10.9. The van der Waals surface area contributed by atoms with E-state index in [2.05, 4.69) is 6.92 Å². The van der Waals surface area contributed by atoms with Crippen molar-refractivity contribution in [3.8, 4) is 5.75 Å². The van der Waals surface area contributed by atoms with Crippen molar-refractivity contribution in [3.63, 3.8) is 0 Å². The van der Waals surface area contributed by atoms with Crippen LogP contribution in [-0.4, -0.2) is 44.4 Å².